The minimum Gasteiger partial charge on any atom is -0.358 e. The minimum absolute atomic E-state index is 0.209. The third-order valence-corrected chi connectivity index (χ3v) is 3.94. The topological polar surface area (TPSA) is 66.5 Å². The van der Waals surface area contributed by atoms with Gasteiger partial charge < -0.3 is 5.32 Å². The smallest absolute Gasteiger partial charge is 0.240 e. The molecule has 5 nitrogen and oxygen atoms in total. The molecule has 0 fully saturated rings. The summed E-state index contributed by atoms with van der Waals surface area (Å²) >= 11 is 0. The fourth-order valence-corrected chi connectivity index (χ4v) is 2.50. The molecular weight excluding hydrogens is 252 g/mol. The Kier molecular flexibility index (Phi) is 4.34. The third-order valence-electron chi connectivity index (χ3n) is 2.81. The van der Waals surface area contributed by atoms with Crippen molar-refractivity contribution in [3.8, 4) is 0 Å². The van der Waals surface area contributed by atoms with Gasteiger partial charge in [0.15, 0.2) is 0 Å². The highest BCUT2D eigenvalue weighted by Gasteiger charge is 2.22. The number of hydrogen-bond donors (Lipinski definition) is 1. The van der Waals surface area contributed by atoms with Gasteiger partial charge in [0.05, 0.1) is 11.9 Å². The van der Waals surface area contributed by atoms with Crippen LogP contribution in [0.3, 0.4) is 0 Å². The largest absolute Gasteiger partial charge is 0.358 e. The molecule has 18 heavy (non-hydrogen) atoms. The molecular formula is C12H18N2O3S. The second-order valence-corrected chi connectivity index (χ2v) is 6.07. The van der Waals surface area contributed by atoms with Crippen molar-refractivity contribution in [1.29, 1.82) is 0 Å². The maximum absolute atomic E-state index is 11.8. The van der Waals surface area contributed by atoms with Gasteiger partial charge in [-0.25, -0.2) is 8.42 Å². The van der Waals surface area contributed by atoms with Crippen LogP contribution in [0.15, 0.2) is 18.2 Å². The first-order chi connectivity index (χ1) is 8.27. The van der Waals surface area contributed by atoms with Crippen molar-refractivity contribution in [3.05, 3.63) is 29.3 Å². The number of nitrogens with one attached hydrogen (secondary N) is 1. The zero-order valence-electron chi connectivity index (χ0n) is 11.0. The highest BCUT2D eigenvalue weighted by atomic mass is 32.2. The second kappa shape index (κ2) is 5.39. The van der Waals surface area contributed by atoms with Gasteiger partial charge in [0.1, 0.15) is 6.54 Å². The molecule has 0 aromatic heterocycles. The van der Waals surface area contributed by atoms with Gasteiger partial charge in [-0.05, 0) is 31.0 Å². The standard InChI is InChI=1S/C12H18N2O3S/c1-9-6-5-7-11(10(9)2)14(18(4,16)17)8-12(15)13-3/h5-7H,8H2,1-4H3,(H,13,15). The van der Waals surface area contributed by atoms with E-state index in [9.17, 15) is 13.2 Å². The summed E-state index contributed by atoms with van der Waals surface area (Å²) in [7, 11) is -2.01. The number of anilines is 1. The molecule has 1 N–H and O–H groups in total. The molecule has 0 aliphatic rings. The van der Waals surface area contributed by atoms with E-state index < -0.39 is 10.0 Å². The number of likely N-dealkylation sites (N-methyl/N-ethyl adjacent to an activating group) is 1. The lowest BCUT2D eigenvalue weighted by Crippen LogP contribution is -2.39. The van der Waals surface area contributed by atoms with Crippen LogP contribution >= 0.6 is 0 Å². The van der Waals surface area contributed by atoms with E-state index in [-0.39, 0.29) is 12.5 Å². The highest BCUT2D eigenvalue weighted by Crippen LogP contribution is 2.24. The number of nitrogens with zero attached hydrogens (tertiary/aromatic N) is 1. The van der Waals surface area contributed by atoms with Crippen LogP contribution < -0.4 is 9.62 Å². The van der Waals surface area contributed by atoms with Crippen molar-refractivity contribution in [2.75, 3.05) is 24.2 Å². The molecule has 1 amide bonds. The Hall–Kier alpha value is -1.56. The lowest BCUT2D eigenvalue weighted by molar-refractivity contribution is -0.119. The summed E-state index contributed by atoms with van der Waals surface area (Å²) in [6.45, 7) is 3.53. The summed E-state index contributed by atoms with van der Waals surface area (Å²) in [6, 6.07) is 5.38. The van der Waals surface area contributed by atoms with Crippen molar-refractivity contribution < 1.29 is 13.2 Å². The Labute approximate surface area is 108 Å². The van der Waals surface area contributed by atoms with Crippen LogP contribution in [0.2, 0.25) is 0 Å². The van der Waals surface area contributed by atoms with Crippen LogP contribution in [0.5, 0.6) is 0 Å². The fourth-order valence-electron chi connectivity index (χ4n) is 1.60. The van der Waals surface area contributed by atoms with Crippen LogP contribution in [0.25, 0.3) is 0 Å². The molecule has 0 spiro atoms. The molecule has 0 aliphatic carbocycles. The van der Waals surface area contributed by atoms with Crippen molar-refractivity contribution >= 4 is 21.6 Å². The number of amides is 1. The van der Waals surface area contributed by atoms with E-state index in [1.807, 2.05) is 19.9 Å². The SMILES string of the molecule is CNC(=O)CN(c1cccc(C)c1C)S(C)(=O)=O. The van der Waals surface area contributed by atoms with E-state index in [1.165, 1.54) is 7.05 Å². The molecule has 1 rings (SSSR count). The molecule has 100 valence electrons. The maximum Gasteiger partial charge on any atom is 0.240 e. The first-order valence-corrected chi connectivity index (χ1v) is 7.36. The quantitative estimate of drug-likeness (QED) is 0.880. The number of aryl methyl sites for hydroxylation is 1. The molecule has 0 atom stereocenters. The van der Waals surface area contributed by atoms with Gasteiger partial charge in [-0.2, -0.15) is 0 Å². The fraction of sp³-hybridized carbons (Fsp3) is 0.417. The van der Waals surface area contributed by atoms with E-state index >= 15 is 0 Å². The van der Waals surface area contributed by atoms with Crippen LogP contribution in [0, 0.1) is 13.8 Å². The molecule has 0 saturated heterocycles. The van der Waals surface area contributed by atoms with Gasteiger partial charge in [-0.1, -0.05) is 12.1 Å². The Morgan fingerprint density at radius 2 is 1.94 bits per heavy atom. The Bertz CT molecular complexity index is 552. The van der Waals surface area contributed by atoms with Gasteiger partial charge in [0.25, 0.3) is 0 Å². The van der Waals surface area contributed by atoms with E-state index in [0.717, 1.165) is 21.7 Å². The van der Waals surface area contributed by atoms with Crippen LogP contribution in [0.1, 0.15) is 11.1 Å². The van der Waals surface area contributed by atoms with Crippen LogP contribution in [-0.4, -0.2) is 34.2 Å². The normalized spacial score (nSPS) is 11.1. The summed E-state index contributed by atoms with van der Waals surface area (Å²) in [5.41, 5.74) is 2.38. The number of benzene rings is 1. The molecule has 1 aromatic rings. The number of sulfonamides is 1. The Morgan fingerprint density at radius 1 is 1.33 bits per heavy atom. The second-order valence-electron chi connectivity index (χ2n) is 4.16. The number of carbonyl (C=O) groups excluding carboxylic acids is 1. The third kappa shape index (κ3) is 3.22. The average molecular weight is 270 g/mol. The van der Waals surface area contributed by atoms with E-state index in [2.05, 4.69) is 5.32 Å². The minimum atomic E-state index is -3.49. The first kappa shape index (κ1) is 14.5. The number of carbonyl (C=O) groups is 1. The lowest BCUT2D eigenvalue weighted by atomic mass is 10.1. The molecule has 6 heteroatoms. The van der Waals surface area contributed by atoms with Gasteiger partial charge in [0.2, 0.25) is 15.9 Å². The summed E-state index contributed by atoms with van der Waals surface area (Å²) in [5, 5.41) is 2.43. The monoisotopic (exact) mass is 270 g/mol. The molecule has 0 unspecified atom stereocenters. The van der Waals surface area contributed by atoms with Gasteiger partial charge in [0, 0.05) is 7.05 Å². The van der Waals surface area contributed by atoms with Crippen LogP contribution in [0.4, 0.5) is 5.69 Å². The Morgan fingerprint density at radius 3 is 2.44 bits per heavy atom. The average Bonchev–Trinajstić information content (AvgIpc) is 2.28. The van der Waals surface area contributed by atoms with Crippen molar-refractivity contribution in [3.63, 3.8) is 0 Å². The molecule has 1 aromatic carbocycles. The van der Waals surface area contributed by atoms with Gasteiger partial charge in [-0.3, -0.25) is 9.10 Å². The van der Waals surface area contributed by atoms with E-state index in [4.69, 9.17) is 0 Å². The predicted molar refractivity (Wildman–Crippen MR) is 72.2 cm³/mol. The Balaban J connectivity index is 3.27. The molecule has 0 radical (unpaired) electrons. The molecule has 0 saturated carbocycles. The van der Waals surface area contributed by atoms with Crippen molar-refractivity contribution in [2.45, 2.75) is 13.8 Å². The highest BCUT2D eigenvalue weighted by molar-refractivity contribution is 7.92. The van der Waals surface area contributed by atoms with E-state index in [1.54, 1.807) is 12.1 Å². The number of hydrogen-bond acceptors (Lipinski definition) is 3. The molecule has 0 bridgehead atoms. The van der Waals surface area contributed by atoms with Gasteiger partial charge >= 0.3 is 0 Å². The lowest BCUT2D eigenvalue weighted by Gasteiger charge is -2.24. The van der Waals surface area contributed by atoms with Crippen molar-refractivity contribution in [1.82, 2.24) is 5.32 Å². The van der Waals surface area contributed by atoms with Crippen molar-refractivity contribution in [2.24, 2.45) is 0 Å². The summed E-state index contributed by atoms with van der Waals surface area (Å²) in [5.74, 6) is -0.346. The summed E-state index contributed by atoms with van der Waals surface area (Å²) in [4.78, 5) is 11.4. The predicted octanol–water partition coefficient (Wildman–Crippen LogP) is 0.815. The summed E-state index contributed by atoms with van der Waals surface area (Å²) < 4.78 is 24.7. The summed E-state index contributed by atoms with van der Waals surface area (Å²) in [6.07, 6.45) is 1.09. The van der Waals surface area contributed by atoms with Gasteiger partial charge in [-0.15, -0.1) is 0 Å². The first-order valence-electron chi connectivity index (χ1n) is 5.52. The molecule has 0 heterocycles. The zero-order chi connectivity index (χ0) is 13.9. The number of rotatable bonds is 4. The van der Waals surface area contributed by atoms with E-state index in [0.29, 0.717) is 5.69 Å². The zero-order valence-corrected chi connectivity index (χ0v) is 11.8. The maximum atomic E-state index is 11.8. The van der Waals surface area contributed by atoms with Crippen LogP contribution in [-0.2, 0) is 14.8 Å². The molecule has 0 aliphatic heterocycles.